The van der Waals surface area contributed by atoms with Gasteiger partial charge in [-0.2, -0.15) is 0 Å². The van der Waals surface area contributed by atoms with Gasteiger partial charge in [0.15, 0.2) is 0 Å². The second-order valence-corrected chi connectivity index (χ2v) is 5.19. The summed E-state index contributed by atoms with van der Waals surface area (Å²) >= 11 is 0. The molecule has 1 heterocycles. The van der Waals surface area contributed by atoms with Gasteiger partial charge < -0.3 is 10.6 Å². The first-order valence-electron chi connectivity index (χ1n) is 6.80. The molecule has 0 radical (unpaired) electrons. The van der Waals surface area contributed by atoms with Crippen molar-refractivity contribution in [2.24, 2.45) is 5.41 Å². The molecule has 1 fully saturated rings. The molecule has 2 nitrogen and oxygen atoms in total. The maximum absolute atomic E-state index is 3.64. The highest BCUT2D eigenvalue weighted by Crippen LogP contribution is 2.31. The van der Waals surface area contributed by atoms with Crippen LogP contribution in [0.4, 0.5) is 0 Å². The van der Waals surface area contributed by atoms with Crippen LogP contribution in [0.2, 0.25) is 0 Å². The average molecular weight is 232 g/mol. The van der Waals surface area contributed by atoms with Gasteiger partial charge in [0.2, 0.25) is 0 Å². The number of benzene rings is 1. The molecule has 1 aromatic carbocycles. The van der Waals surface area contributed by atoms with Crippen molar-refractivity contribution >= 4 is 0 Å². The van der Waals surface area contributed by atoms with Gasteiger partial charge in [-0.3, -0.25) is 0 Å². The molecule has 0 aliphatic carbocycles. The summed E-state index contributed by atoms with van der Waals surface area (Å²) in [6.07, 6.45) is 3.91. The highest BCUT2D eigenvalue weighted by atomic mass is 14.9. The minimum atomic E-state index is 0.528. The maximum Gasteiger partial charge on any atom is 0.0205 e. The van der Waals surface area contributed by atoms with E-state index in [1.807, 2.05) is 0 Å². The molecule has 17 heavy (non-hydrogen) atoms. The first-order valence-corrected chi connectivity index (χ1v) is 6.80. The Morgan fingerprint density at radius 2 is 1.88 bits per heavy atom. The van der Waals surface area contributed by atoms with Crippen LogP contribution in [0, 0.1) is 5.41 Å². The van der Waals surface area contributed by atoms with Gasteiger partial charge in [0.1, 0.15) is 0 Å². The molecule has 0 amide bonds. The molecule has 0 saturated carbocycles. The van der Waals surface area contributed by atoms with E-state index in [4.69, 9.17) is 0 Å². The Balaban J connectivity index is 1.80. The van der Waals surface area contributed by atoms with Crippen molar-refractivity contribution in [3.8, 4) is 0 Å². The highest BCUT2D eigenvalue weighted by molar-refractivity contribution is 5.14. The number of hydrogen-bond donors (Lipinski definition) is 2. The van der Waals surface area contributed by atoms with Gasteiger partial charge in [-0.1, -0.05) is 37.3 Å². The molecule has 94 valence electrons. The van der Waals surface area contributed by atoms with Crippen LogP contribution < -0.4 is 10.6 Å². The zero-order valence-corrected chi connectivity index (χ0v) is 10.8. The van der Waals surface area contributed by atoms with E-state index in [2.05, 4.69) is 47.9 Å². The standard InChI is InChI=1S/C15H24N2/c1-2-15(8-10-16-11-9-15)13-17-12-14-6-4-3-5-7-14/h3-7,16-17H,2,8-13H2,1H3. The third-order valence-corrected chi connectivity index (χ3v) is 4.09. The topological polar surface area (TPSA) is 24.1 Å². The zero-order chi connectivity index (χ0) is 12.0. The van der Waals surface area contributed by atoms with E-state index in [1.165, 1.54) is 37.9 Å². The molecule has 1 aliphatic heterocycles. The fourth-order valence-corrected chi connectivity index (χ4v) is 2.68. The van der Waals surface area contributed by atoms with Gasteiger partial charge in [0.05, 0.1) is 0 Å². The van der Waals surface area contributed by atoms with E-state index >= 15 is 0 Å². The van der Waals surface area contributed by atoms with Crippen LogP contribution in [-0.2, 0) is 6.54 Å². The highest BCUT2D eigenvalue weighted by Gasteiger charge is 2.29. The molecular formula is C15H24N2. The average Bonchev–Trinajstić information content (AvgIpc) is 2.41. The van der Waals surface area contributed by atoms with Crippen LogP contribution in [0.25, 0.3) is 0 Å². The third kappa shape index (κ3) is 3.55. The Kier molecular flexibility index (Phi) is 4.57. The third-order valence-electron chi connectivity index (χ3n) is 4.09. The summed E-state index contributed by atoms with van der Waals surface area (Å²) in [5.41, 5.74) is 1.91. The fraction of sp³-hybridized carbons (Fsp3) is 0.600. The van der Waals surface area contributed by atoms with E-state index < -0.39 is 0 Å². The SMILES string of the molecule is CCC1(CNCc2ccccc2)CCNCC1. The Hall–Kier alpha value is -0.860. The minimum absolute atomic E-state index is 0.528. The van der Waals surface area contributed by atoms with Crippen molar-refractivity contribution in [2.75, 3.05) is 19.6 Å². The molecule has 1 saturated heterocycles. The minimum Gasteiger partial charge on any atom is -0.317 e. The summed E-state index contributed by atoms with van der Waals surface area (Å²) in [7, 11) is 0. The summed E-state index contributed by atoms with van der Waals surface area (Å²) < 4.78 is 0. The molecule has 0 unspecified atom stereocenters. The largest absolute Gasteiger partial charge is 0.317 e. The smallest absolute Gasteiger partial charge is 0.0205 e. The summed E-state index contributed by atoms with van der Waals surface area (Å²) in [6.45, 7) is 6.84. The van der Waals surface area contributed by atoms with Crippen molar-refractivity contribution in [2.45, 2.75) is 32.7 Å². The molecular weight excluding hydrogens is 208 g/mol. The fourth-order valence-electron chi connectivity index (χ4n) is 2.68. The summed E-state index contributed by atoms with van der Waals surface area (Å²) in [5, 5.41) is 7.09. The van der Waals surface area contributed by atoms with Crippen LogP contribution in [-0.4, -0.2) is 19.6 Å². The lowest BCUT2D eigenvalue weighted by Gasteiger charge is -2.37. The monoisotopic (exact) mass is 232 g/mol. The number of nitrogens with one attached hydrogen (secondary N) is 2. The van der Waals surface area contributed by atoms with E-state index in [-0.39, 0.29) is 0 Å². The van der Waals surface area contributed by atoms with Crippen LogP contribution in [0.1, 0.15) is 31.7 Å². The van der Waals surface area contributed by atoms with Crippen molar-refractivity contribution in [1.29, 1.82) is 0 Å². The Morgan fingerprint density at radius 3 is 2.53 bits per heavy atom. The lowest BCUT2D eigenvalue weighted by Crippen LogP contribution is -2.42. The molecule has 2 N–H and O–H groups in total. The van der Waals surface area contributed by atoms with Gasteiger partial charge in [0, 0.05) is 13.1 Å². The molecule has 0 atom stereocenters. The molecule has 1 aliphatic rings. The second-order valence-electron chi connectivity index (χ2n) is 5.19. The summed E-state index contributed by atoms with van der Waals surface area (Å²) in [5.74, 6) is 0. The van der Waals surface area contributed by atoms with E-state index in [9.17, 15) is 0 Å². The van der Waals surface area contributed by atoms with Gasteiger partial charge in [-0.15, -0.1) is 0 Å². The predicted molar refractivity (Wildman–Crippen MR) is 73.0 cm³/mol. The van der Waals surface area contributed by atoms with Crippen molar-refractivity contribution in [1.82, 2.24) is 10.6 Å². The lowest BCUT2D eigenvalue weighted by molar-refractivity contribution is 0.185. The van der Waals surface area contributed by atoms with Crippen LogP contribution >= 0.6 is 0 Å². The molecule has 0 spiro atoms. The number of rotatable bonds is 5. The van der Waals surface area contributed by atoms with Gasteiger partial charge in [-0.05, 0) is 43.3 Å². The predicted octanol–water partition coefficient (Wildman–Crippen LogP) is 2.56. The number of piperidine rings is 1. The zero-order valence-electron chi connectivity index (χ0n) is 10.8. The molecule has 2 heteroatoms. The van der Waals surface area contributed by atoms with Crippen molar-refractivity contribution in [3.63, 3.8) is 0 Å². The molecule has 0 aromatic heterocycles. The first-order chi connectivity index (χ1) is 8.35. The normalized spacial score (nSPS) is 19.1. The number of hydrogen-bond acceptors (Lipinski definition) is 2. The second kappa shape index (κ2) is 6.18. The lowest BCUT2D eigenvalue weighted by atomic mass is 9.76. The first kappa shape index (κ1) is 12.6. The van der Waals surface area contributed by atoms with E-state index in [0.717, 1.165) is 13.1 Å². The van der Waals surface area contributed by atoms with Crippen LogP contribution in [0.15, 0.2) is 30.3 Å². The van der Waals surface area contributed by atoms with Crippen LogP contribution in [0.5, 0.6) is 0 Å². The summed E-state index contributed by atoms with van der Waals surface area (Å²) in [4.78, 5) is 0. The molecule has 0 bridgehead atoms. The van der Waals surface area contributed by atoms with Gasteiger partial charge in [-0.25, -0.2) is 0 Å². The van der Waals surface area contributed by atoms with Crippen molar-refractivity contribution < 1.29 is 0 Å². The maximum atomic E-state index is 3.64. The Labute approximate surface area is 105 Å². The summed E-state index contributed by atoms with van der Waals surface area (Å²) in [6, 6.07) is 10.7. The Morgan fingerprint density at radius 1 is 1.18 bits per heavy atom. The van der Waals surface area contributed by atoms with E-state index in [0.29, 0.717) is 5.41 Å². The molecule has 1 aromatic rings. The van der Waals surface area contributed by atoms with E-state index in [1.54, 1.807) is 0 Å². The van der Waals surface area contributed by atoms with Gasteiger partial charge in [0.25, 0.3) is 0 Å². The van der Waals surface area contributed by atoms with Crippen LogP contribution in [0.3, 0.4) is 0 Å². The Bertz CT molecular complexity index is 315. The van der Waals surface area contributed by atoms with Gasteiger partial charge >= 0.3 is 0 Å². The van der Waals surface area contributed by atoms with Crippen molar-refractivity contribution in [3.05, 3.63) is 35.9 Å². The molecule has 2 rings (SSSR count). The quantitative estimate of drug-likeness (QED) is 0.815.